The van der Waals surface area contributed by atoms with Crippen molar-refractivity contribution in [2.75, 3.05) is 5.73 Å². The number of ether oxygens (including phenoxy) is 1. The van der Waals surface area contributed by atoms with Crippen molar-refractivity contribution < 1.29 is 17.9 Å². The van der Waals surface area contributed by atoms with Crippen molar-refractivity contribution in [3.8, 4) is 17.0 Å². The van der Waals surface area contributed by atoms with Crippen LogP contribution in [0, 0.1) is 11.8 Å². The fraction of sp³-hybridized carbons (Fsp3) is 0.556. The van der Waals surface area contributed by atoms with E-state index in [4.69, 9.17) is 5.73 Å². The fourth-order valence-corrected chi connectivity index (χ4v) is 4.21. The molecule has 4 rings (SSSR count). The van der Waals surface area contributed by atoms with Gasteiger partial charge in [-0.1, -0.05) is 0 Å². The third kappa shape index (κ3) is 2.91. The molecule has 0 spiro atoms. The lowest BCUT2D eigenvalue weighted by molar-refractivity contribution is -0.0494. The number of pyridine rings is 1. The Balaban J connectivity index is 1.67. The summed E-state index contributed by atoms with van der Waals surface area (Å²) < 4.78 is 44.9. The molecule has 0 radical (unpaired) electrons. The number of nitrogens with two attached hydrogens (primary N) is 1. The molecule has 5 nitrogen and oxygen atoms in total. The number of fused-ring (bicyclic) bond motifs is 1. The molecule has 2 heterocycles. The monoisotopic (exact) mass is 366 g/mol. The van der Waals surface area contributed by atoms with E-state index in [2.05, 4.69) is 14.8 Å². The highest BCUT2D eigenvalue weighted by Gasteiger charge is 2.58. The number of anilines is 1. The summed E-state index contributed by atoms with van der Waals surface area (Å²) in [4.78, 5) is 3.94. The largest absolute Gasteiger partial charge is 0.431 e. The number of hydrogen-bond acceptors (Lipinski definition) is 4. The maximum Gasteiger partial charge on any atom is 0.387 e. The smallest absolute Gasteiger partial charge is 0.387 e. The normalized spacial score (nSPS) is 27.2. The number of aromatic nitrogens is 3. The van der Waals surface area contributed by atoms with Crippen LogP contribution in [-0.2, 0) is 0 Å². The van der Waals surface area contributed by atoms with Gasteiger partial charge in [0.15, 0.2) is 11.6 Å². The Kier molecular flexibility index (Phi) is 4.08. The fourth-order valence-electron chi connectivity index (χ4n) is 4.21. The second kappa shape index (κ2) is 6.17. The molecule has 2 aliphatic carbocycles. The summed E-state index contributed by atoms with van der Waals surface area (Å²) in [6, 6.07) is 3.52. The molecule has 2 aromatic heterocycles. The molecule has 140 valence electrons. The van der Waals surface area contributed by atoms with Crippen LogP contribution in [0.3, 0.4) is 0 Å². The lowest BCUT2D eigenvalue weighted by Gasteiger charge is -2.12. The van der Waals surface area contributed by atoms with E-state index in [1.165, 1.54) is 12.3 Å². The average molecular weight is 366 g/mol. The molecule has 8 heteroatoms. The van der Waals surface area contributed by atoms with Crippen LogP contribution in [0.25, 0.3) is 11.3 Å². The molecule has 0 aliphatic heterocycles. The van der Waals surface area contributed by atoms with Gasteiger partial charge >= 0.3 is 6.61 Å². The third-order valence-electron chi connectivity index (χ3n) is 5.38. The van der Waals surface area contributed by atoms with E-state index in [0.29, 0.717) is 41.9 Å². The Hall–Kier alpha value is -2.25. The Labute approximate surface area is 149 Å². The van der Waals surface area contributed by atoms with Gasteiger partial charge in [-0.2, -0.15) is 13.9 Å². The Morgan fingerprint density at radius 2 is 1.92 bits per heavy atom. The van der Waals surface area contributed by atoms with Crippen molar-refractivity contribution in [2.45, 2.75) is 51.4 Å². The highest BCUT2D eigenvalue weighted by atomic mass is 19.3. The molecule has 2 aromatic rings. The lowest BCUT2D eigenvalue weighted by Crippen LogP contribution is -2.09. The Bertz CT molecular complexity index is 811. The van der Waals surface area contributed by atoms with E-state index >= 15 is 0 Å². The van der Waals surface area contributed by atoms with Crippen LogP contribution in [0.15, 0.2) is 18.3 Å². The van der Waals surface area contributed by atoms with Crippen LogP contribution in [-0.4, -0.2) is 27.5 Å². The summed E-state index contributed by atoms with van der Waals surface area (Å²) in [5, 5.41) is 4.64. The molecule has 4 atom stereocenters. The van der Waals surface area contributed by atoms with Crippen molar-refractivity contribution in [1.82, 2.24) is 14.8 Å². The minimum absolute atomic E-state index is 0.0942. The molecule has 0 amide bonds. The first-order valence-electron chi connectivity index (χ1n) is 8.79. The summed E-state index contributed by atoms with van der Waals surface area (Å²) >= 11 is 0. The molecule has 0 saturated heterocycles. The maximum absolute atomic E-state index is 13.5. The van der Waals surface area contributed by atoms with Gasteiger partial charge in [0.1, 0.15) is 6.17 Å². The SMILES string of the molecule is CC(C)n1nc(-c2cnc(N)c(OC(F)F)c2)cc1[C@H]1[C@@H]2C[C@@H](F)C[C@@H]21. The molecule has 0 bridgehead atoms. The Morgan fingerprint density at radius 1 is 1.23 bits per heavy atom. The quantitative estimate of drug-likeness (QED) is 0.862. The predicted molar refractivity (Wildman–Crippen MR) is 90.7 cm³/mol. The van der Waals surface area contributed by atoms with E-state index in [1.807, 2.05) is 24.6 Å². The third-order valence-corrected chi connectivity index (χ3v) is 5.38. The minimum Gasteiger partial charge on any atom is -0.431 e. The van der Waals surface area contributed by atoms with E-state index in [-0.39, 0.29) is 17.6 Å². The van der Waals surface area contributed by atoms with Crippen LogP contribution in [0.1, 0.15) is 44.3 Å². The molecule has 0 unspecified atom stereocenters. The topological polar surface area (TPSA) is 66.0 Å². The molecule has 0 aromatic carbocycles. The van der Waals surface area contributed by atoms with Gasteiger partial charge < -0.3 is 10.5 Å². The summed E-state index contributed by atoms with van der Waals surface area (Å²) in [5.41, 5.74) is 7.86. The van der Waals surface area contributed by atoms with E-state index in [9.17, 15) is 13.2 Å². The number of hydrogen-bond donors (Lipinski definition) is 1. The first-order valence-corrected chi connectivity index (χ1v) is 8.79. The lowest BCUT2D eigenvalue weighted by atomic mass is 10.1. The van der Waals surface area contributed by atoms with Gasteiger partial charge in [-0.25, -0.2) is 9.37 Å². The Morgan fingerprint density at radius 3 is 2.54 bits per heavy atom. The van der Waals surface area contributed by atoms with Crippen LogP contribution in [0.2, 0.25) is 0 Å². The first-order chi connectivity index (χ1) is 12.3. The van der Waals surface area contributed by atoms with E-state index in [0.717, 1.165) is 5.69 Å². The van der Waals surface area contributed by atoms with E-state index in [1.54, 1.807) is 0 Å². The maximum atomic E-state index is 13.5. The number of nitrogen functional groups attached to an aromatic ring is 1. The molecular weight excluding hydrogens is 345 g/mol. The van der Waals surface area contributed by atoms with Gasteiger partial charge in [0.25, 0.3) is 0 Å². The first kappa shape index (κ1) is 17.2. The standard InChI is InChI=1S/C18H21F3N4O/c1-8(2)25-14(16-11-4-10(19)5-12(11)16)6-13(24-25)9-3-15(26-18(20)21)17(22)23-7-9/h3,6-8,10-12,16,18H,4-5H2,1-2H3,(H2,22,23)/t10-,11-,12+,16+. The van der Waals surface area contributed by atoms with Crippen LogP contribution in [0.4, 0.5) is 19.0 Å². The van der Waals surface area contributed by atoms with Gasteiger partial charge in [-0.05, 0) is 50.7 Å². The van der Waals surface area contributed by atoms with E-state index < -0.39 is 12.8 Å². The van der Waals surface area contributed by atoms with Gasteiger partial charge in [-0.15, -0.1) is 0 Å². The number of nitrogens with zero attached hydrogens (tertiary/aromatic N) is 3. The zero-order valence-corrected chi connectivity index (χ0v) is 14.6. The van der Waals surface area contributed by atoms with Crippen molar-refractivity contribution in [1.29, 1.82) is 0 Å². The van der Waals surface area contributed by atoms with Crippen molar-refractivity contribution in [3.05, 3.63) is 24.0 Å². The van der Waals surface area contributed by atoms with Crippen LogP contribution >= 0.6 is 0 Å². The van der Waals surface area contributed by atoms with Crippen LogP contribution < -0.4 is 10.5 Å². The predicted octanol–water partition coefficient (Wildman–Crippen LogP) is 4.17. The number of rotatable bonds is 5. The second-order valence-corrected chi connectivity index (χ2v) is 7.40. The molecular formula is C18H21F3N4O. The summed E-state index contributed by atoms with van der Waals surface area (Å²) in [7, 11) is 0. The summed E-state index contributed by atoms with van der Waals surface area (Å²) in [5.74, 6) is 0.831. The summed E-state index contributed by atoms with van der Waals surface area (Å²) in [6.45, 7) is 1.09. The number of halogens is 3. The van der Waals surface area contributed by atoms with Gasteiger partial charge in [0.05, 0.1) is 5.69 Å². The second-order valence-electron chi connectivity index (χ2n) is 7.40. The summed E-state index contributed by atoms with van der Waals surface area (Å²) in [6.07, 6.45) is 2.04. The zero-order valence-electron chi connectivity index (χ0n) is 14.6. The zero-order chi connectivity index (χ0) is 18.6. The van der Waals surface area contributed by atoms with Crippen molar-refractivity contribution in [2.24, 2.45) is 11.8 Å². The highest BCUT2D eigenvalue weighted by Crippen LogP contribution is 2.64. The molecule has 2 fully saturated rings. The van der Waals surface area contributed by atoms with Crippen LogP contribution in [0.5, 0.6) is 5.75 Å². The van der Waals surface area contributed by atoms with Gasteiger partial charge in [0.2, 0.25) is 0 Å². The number of alkyl halides is 3. The average Bonchev–Trinajstić information content (AvgIpc) is 2.94. The van der Waals surface area contributed by atoms with Gasteiger partial charge in [-0.3, -0.25) is 4.68 Å². The molecule has 2 aliphatic rings. The molecule has 26 heavy (non-hydrogen) atoms. The van der Waals surface area contributed by atoms with Crippen molar-refractivity contribution in [3.63, 3.8) is 0 Å². The molecule has 2 saturated carbocycles. The minimum atomic E-state index is -2.97. The van der Waals surface area contributed by atoms with Crippen molar-refractivity contribution >= 4 is 5.82 Å². The highest BCUT2D eigenvalue weighted by molar-refractivity contribution is 5.64. The van der Waals surface area contributed by atoms with Gasteiger partial charge in [0, 0.05) is 29.4 Å². The molecule has 2 N–H and O–H groups in total.